The smallest absolute Gasteiger partial charge is 0.327 e. The van der Waals surface area contributed by atoms with Gasteiger partial charge in [-0.2, -0.15) is 5.06 Å². The number of nitrogens with one attached hydrogen (secondary N) is 2. The van der Waals surface area contributed by atoms with E-state index in [0.717, 1.165) is 27.8 Å². The summed E-state index contributed by atoms with van der Waals surface area (Å²) in [5, 5.41) is 27.2. The Hall–Kier alpha value is -5.12. The second kappa shape index (κ2) is 16.7. The highest BCUT2D eigenvalue weighted by Crippen LogP contribution is 2.58. The fourth-order valence-corrected chi connectivity index (χ4v) is 9.33. The number of nitrogens with zero attached hydrogens (tertiary/aromatic N) is 1. The summed E-state index contributed by atoms with van der Waals surface area (Å²) in [7, 11) is 0. The number of aliphatic hydroxyl groups is 1. The fraction of sp³-hybridized carbons (Fsp3) is 0.478. The molecule has 7 unspecified atom stereocenters. The number of amides is 2. The van der Waals surface area contributed by atoms with Crippen molar-refractivity contribution in [3.05, 3.63) is 107 Å². The van der Waals surface area contributed by atoms with Gasteiger partial charge in [-0.05, 0) is 67.5 Å². The van der Waals surface area contributed by atoms with Crippen LogP contribution in [0.5, 0.6) is 5.75 Å². The highest BCUT2D eigenvalue weighted by Gasteiger charge is 2.76. The minimum Gasteiger partial charge on any atom is -0.508 e. The fourth-order valence-electron chi connectivity index (χ4n) is 9.33. The maximum Gasteiger partial charge on any atom is 0.327 e. The minimum atomic E-state index is -1.43. The Bertz CT molecular complexity index is 2110. The van der Waals surface area contributed by atoms with E-state index in [1.807, 2.05) is 72.8 Å². The minimum absolute atomic E-state index is 0.0158. The molecule has 1 spiro atoms. The summed E-state index contributed by atoms with van der Waals surface area (Å²) < 4.78 is 25.0. The number of benzene rings is 3. The zero-order valence-corrected chi connectivity index (χ0v) is 34.1. The zero-order chi connectivity index (χ0) is 42.2. The summed E-state index contributed by atoms with van der Waals surface area (Å²) in [6, 6.07) is 21.2. The van der Waals surface area contributed by atoms with Crippen LogP contribution >= 0.6 is 0 Å². The lowest BCUT2D eigenvalue weighted by atomic mass is 9.62. The van der Waals surface area contributed by atoms with Gasteiger partial charge in [0, 0.05) is 38.6 Å². The lowest BCUT2D eigenvalue weighted by Crippen LogP contribution is -2.69. The third-order valence-corrected chi connectivity index (χ3v) is 12.0. The van der Waals surface area contributed by atoms with Crippen LogP contribution in [-0.2, 0) is 68.8 Å². The largest absolute Gasteiger partial charge is 0.508 e. The summed E-state index contributed by atoms with van der Waals surface area (Å²) in [4.78, 5) is 60.7. The first-order chi connectivity index (χ1) is 28.8. The lowest BCUT2D eigenvalue weighted by Gasteiger charge is -2.48. The van der Waals surface area contributed by atoms with Crippen molar-refractivity contribution < 1.29 is 53.2 Å². The average Bonchev–Trinajstić information content (AvgIpc) is 3.88. The molecule has 3 saturated heterocycles. The number of aromatic hydroxyl groups is 1. The predicted molar refractivity (Wildman–Crippen MR) is 216 cm³/mol. The van der Waals surface area contributed by atoms with E-state index in [1.54, 1.807) is 32.9 Å². The number of carbonyl (C=O) groups excluding carboxylic acids is 4. The Labute approximate surface area is 349 Å². The number of hydrogen-bond acceptors (Lipinski definition) is 12. The van der Waals surface area contributed by atoms with Crippen molar-refractivity contribution in [3.8, 4) is 5.75 Å². The molecule has 14 heteroatoms. The Morgan fingerprint density at radius 2 is 1.67 bits per heavy atom. The number of phenols is 1. The van der Waals surface area contributed by atoms with Crippen LogP contribution in [0.15, 0.2) is 78.9 Å². The quantitative estimate of drug-likeness (QED) is 0.173. The third-order valence-electron chi connectivity index (χ3n) is 12.0. The van der Waals surface area contributed by atoms with E-state index in [4.69, 9.17) is 23.8 Å². The summed E-state index contributed by atoms with van der Waals surface area (Å²) in [5.74, 6) is -2.66. The van der Waals surface area contributed by atoms with Crippen LogP contribution in [0.3, 0.4) is 0 Å². The third kappa shape index (κ3) is 8.44. The Balaban J connectivity index is 0.977. The number of aliphatic hydroxyl groups excluding tert-OH is 1. The van der Waals surface area contributed by atoms with E-state index in [0.29, 0.717) is 19.3 Å². The molecule has 3 aliphatic heterocycles. The topological polar surface area (TPSA) is 182 Å². The van der Waals surface area contributed by atoms with Gasteiger partial charge < -0.3 is 39.8 Å². The molecule has 8 rings (SSSR count). The molecule has 14 nitrogen and oxygen atoms in total. The number of hydrogen-bond donors (Lipinski definition) is 4. The molecule has 0 aromatic heterocycles. The number of esters is 2. The van der Waals surface area contributed by atoms with Gasteiger partial charge in [0.2, 0.25) is 11.8 Å². The average molecular weight is 824 g/mol. The number of phenolic OH excluding ortho intramolecular Hbond substituents is 1. The molecule has 4 fully saturated rings. The number of carbonyl (C=O) groups is 4. The Morgan fingerprint density at radius 1 is 0.967 bits per heavy atom. The van der Waals surface area contributed by atoms with Crippen LogP contribution in [0.2, 0.25) is 0 Å². The van der Waals surface area contributed by atoms with Gasteiger partial charge in [-0.1, -0.05) is 78.9 Å². The molecule has 2 aliphatic carbocycles. The second-order valence-electron chi connectivity index (χ2n) is 17.5. The van der Waals surface area contributed by atoms with Gasteiger partial charge in [0.25, 0.3) is 0 Å². The van der Waals surface area contributed by atoms with Gasteiger partial charge in [-0.25, -0.2) is 0 Å². The van der Waals surface area contributed by atoms with E-state index in [9.17, 15) is 29.4 Å². The summed E-state index contributed by atoms with van der Waals surface area (Å²) in [6.45, 7) is 5.03. The predicted octanol–water partition coefficient (Wildman–Crippen LogP) is 3.83. The molecule has 318 valence electrons. The number of fused-ring (bicyclic) bond motifs is 5. The first-order valence-corrected chi connectivity index (χ1v) is 20.7. The zero-order valence-electron chi connectivity index (χ0n) is 34.1. The van der Waals surface area contributed by atoms with Crippen molar-refractivity contribution in [1.82, 2.24) is 15.7 Å². The van der Waals surface area contributed by atoms with Crippen molar-refractivity contribution in [3.63, 3.8) is 0 Å². The van der Waals surface area contributed by atoms with Gasteiger partial charge in [0.15, 0.2) is 11.8 Å². The maximum absolute atomic E-state index is 14.7. The molecule has 1 saturated carbocycles. The first-order valence-electron chi connectivity index (χ1n) is 20.7. The molecule has 5 aliphatic rings. The van der Waals surface area contributed by atoms with Crippen LogP contribution in [0.4, 0.5) is 0 Å². The normalized spacial score (nSPS) is 26.7. The molecule has 60 heavy (non-hydrogen) atoms. The molecule has 3 aromatic rings. The molecular weight excluding hydrogens is 771 g/mol. The first kappa shape index (κ1) is 41.6. The van der Waals surface area contributed by atoms with Gasteiger partial charge >= 0.3 is 11.9 Å². The van der Waals surface area contributed by atoms with Crippen molar-refractivity contribution >= 4 is 29.8 Å². The standard InChI is InChI=1S/C46H53N3O11/c1-44(2,3)57-37(53)20-19-33(27-50)48-36(52)21-22-47-43(55)46-25-35-38-39(59-45(58-38)23-31-11-4-5-12-32(31)24-45)41(46)60-49(40(46)42(54)56-35)26-29-17-15-28(16-18-29)9-8-13-30-10-6-7-14-34(30)51/h4-12,14-18,33,35,38-41,50-51H,13,19-27H2,1-3H3,(H,47,55)(H,48,52). The molecule has 3 heterocycles. The summed E-state index contributed by atoms with van der Waals surface area (Å²) in [6.07, 6.45) is 2.67. The van der Waals surface area contributed by atoms with Gasteiger partial charge in [0.1, 0.15) is 41.2 Å². The van der Waals surface area contributed by atoms with Crippen LogP contribution in [0.25, 0.3) is 6.08 Å². The van der Waals surface area contributed by atoms with E-state index in [2.05, 4.69) is 10.6 Å². The molecule has 2 amide bonds. The van der Waals surface area contributed by atoms with Crippen molar-refractivity contribution in [1.29, 1.82) is 0 Å². The van der Waals surface area contributed by atoms with Crippen molar-refractivity contribution in [2.24, 2.45) is 5.41 Å². The van der Waals surface area contributed by atoms with Crippen molar-refractivity contribution in [2.75, 3.05) is 13.2 Å². The van der Waals surface area contributed by atoms with Gasteiger partial charge in [0.05, 0.1) is 19.2 Å². The molecule has 2 bridgehead atoms. The van der Waals surface area contributed by atoms with Crippen molar-refractivity contribution in [2.45, 2.75) is 120 Å². The molecule has 7 atom stereocenters. The number of para-hydroxylation sites is 1. The van der Waals surface area contributed by atoms with Gasteiger partial charge in [-0.3, -0.25) is 24.0 Å². The molecule has 3 aromatic carbocycles. The van der Waals surface area contributed by atoms with E-state index >= 15 is 0 Å². The molecule has 4 N–H and O–H groups in total. The highest BCUT2D eigenvalue weighted by molar-refractivity contribution is 5.94. The molecule has 0 radical (unpaired) electrons. The van der Waals surface area contributed by atoms with Crippen LogP contribution < -0.4 is 10.6 Å². The monoisotopic (exact) mass is 823 g/mol. The number of rotatable bonds is 14. The van der Waals surface area contributed by atoms with Crippen LogP contribution in [-0.4, -0.2) is 100 Å². The van der Waals surface area contributed by atoms with Crippen LogP contribution in [0, 0.1) is 5.41 Å². The van der Waals surface area contributed by atoms with Crippen LogP contribution in [0.1, 0.15) is 74.3 Å². The summed E-state index contributed by atoms with van der Waals surface area (Å²) in [5.41, 5.74) is 2.75. The SMILES string of the molecule is CC(C)(C)OC(=O)CCC(CO)NC(=O)CCNC(=O)C12CC3OC(=O)C1N(Cc1ccc(C=CCc4ccccc4O)cc1)OC2C1OC2(Cc4ccccc4C2)OC31. The molecular formula is C46H53N3O11. The summed E-state index contributed by atoms with van der Waals surface area (Å²) >= 11 is 0. The number of hydroxylamine groups is 2. The maximum atomic E-state index is 14.7. The lowest BCUT2D eigenvalue weighted by molar-refractivity contribution is -0.217. The number of ether oxygens (including phenoxy) is 4. The number of allylic oxidation sites excluding steroid dienone is 1. The second-order valence-corrected chi connectivity index (χ2v) is 17.5. The van der Waals surface area contributed by atoms with Gasteiger partial charge in [-0.15, -0.1) is 0 Å². The Morgan fingerprint density at radius 3 is 2.37 bits per heavy atom. The van der Waals surface area contributed by atoms with E-state index < -0.39 is 77.1 Å². The van der Waals surface area contributed by atoms with E-state index in [-0.39, 0.29) is 51.1 Å². The van der Waals surface area contributed by atoms with E-state index in [1.165, 1.54) is 5.06 Å². The Kier molecular flexibility index (Phi) is 11.6. The highest BCUT2D eigenvalue weighted by atomic mass is 16.8.